The van der Waals surface area contributed by atoms with Crippen LogP contribution in [0.15, 0.2) is 23.1 Å². The van der Waals surface area contributed by atoms with Crippen molar-refractivity contribution in [2.45, 2.75) is 23.2 Å². The van der Waals surface area contributed by atoms with E-state index >= 15 is 0 Å². The van der Waals surface area contributed by atoms with Crippen molar-refractivity contribution in [3.05, 3.63) is 29.3 Å². The summed E-state index contributed by atoms with van der Waals surface area (Å²) < 4.78 is 62.0. The highest BCUT2D eigenvalue weighted by atomic mass is 35.5. The zero-order chi connectivity index (χ0) is 14.8. The highest BCUT2D eigenvalue weighted by Gasteiger charge is 2.35. The quantitative estimate of drug-likeness (QED) is 0.806. The largest absolute Gasteiger partial charge is 0.417 e. The number of nitrogens with zero attached hydrogens (tertiary/aromatic N) is 1. The van der Waals surface area contributed by atoms with Gasteiger partial charge in [0.15, 0.2) is 9.84 Å². The van der Waals surface area contributed by atoms with E-state index in [2.05, 4.69) is 0 Å². The number of halogens is 4. The van der Waals surface area contributed by atoms with E-state index in [9.17, 15) is 21.6 Å². The average Bonchev–Trinajstić information content (AvgIpc) is 2.35. The van der Waals surface area contributed by atoms with Crippen molar-refractivity contribution in [3.63, 3.8) is 0 Å². The third kappa shape index (κ3) is 3.19. The van der Waals surface area contributed by atoms with Crippen LogP contribution in [0.1, 0.15) is 18.1 Å². The lowest BCUT2D eigenvalue weighted by Crippen LogP contribution is -2.20. The van der Waals surface area contributed by atoms with Crippen LogP contribution in [0.4, 0.5) is 13.2 Å². The fourth-order valence-corrected chi connectivity index (χ4v) is 3.02. The predicted molar refractivity (Wildman–Crippen MR) is 63.5 cm³/mol. The van der Waals surface area contributed by atoms with Gasteiger partial charge in [0.25, 0.3) is 0 Å². The van der Waals surface area contributed by atoms with Crippen molar-refractivity contribution in [1.29, 1.82) is 5.26 Å². The molecule has 0 saturated carbocycles. The van der Waals surface area contributed by atoms with Crippen molar-refractivity contribution >= 4 is 21.4 Å². The van der Waals surface area contributed by atoms with Gasteiger partial charge < -0.3 is 0 Å². The summed E-state index contributed by atoms with van der Waals surface area (Å²) in [5.41, 5.74) is -1.89. The Morgan fingerprint density at radius 2 is 2.00 bits per heavy atom. The first-order valence-corrected chi connectivity index (χ1v) is 7.14. The Labute approximate surface area is 113 Å². The topological polar surface area (TPSA) is 57.9 Å². The van der Waals surface area contributed by atoms with Crippen LogP contribution in [0.25, 0.3) is 0 Å². The molecule has 1 rings (SSSR count). The zero-order valence-electron chi connectivity index (χ0n) is 9.70. The highest BCUT2D eigenvalue weighted by molar-refractivity contribution is 7.92. The van der Waals surface area contributed by atoms with E-state index in [1.54, 1.807) is 0 Å². The summed E-state index contributed by atoms with van der Waals surface area (Å²) in [5, 5.41) is 7.60. The van der Waals surface area contributed by atoms with Crippen molar-refractivity contribution in [2.24, 2.45) is 0 Å². The summed E-state index contributed by atoms with van der Waals surface area (Å²) in [5.74, 6) is -0.232. The SMILES string of the molecule is CC(CCl)S(=O)(=O)c1ccc(C#N)c(C(F)(F)F)c1. The van der Waals surface area contributed by atoms with Crippen molar-refractivity contribution in [2.75, 3.05) is 5.88 Å². The van der Waals surface area contributed by atoms with Crippen molar-refractivity contribution in [3.8, 4) is 6.07 Å². The van der Waals surface area contributed by atoms with Gasteiger partial charge >= 0.3 is 6.18 Å². The summed E-state index contributed by atoms with van der Waals surface area (Å²) in [6.07, 6.45) is -4.79. The van der Waals surface area contributed by atoms with Crippen LogP contribution in [-0.4, -0.2) is 19.5 Å². The molecule has 1 aromatic rings. The second-order valence-electron chi connectivity index (χ2n) is 3.83. The Bertz CT molecular complexity index is 620. The molecule has 0 spiro atoms. The smallest absolute Gasteiger partial charge is 0.223 e. The van der Waals surface area contributed by atoms with Crippen LogP contribution in [0.3, 0.4) is 0 Å². The molecule has 0 aliphatic heterocycles. The average molecular weight is 312 g/mol. The first-order chi connectivity index (χ1) is 8.64. The highest BCUT2D eigenvalue weighted by Crippen LogP contribution is 2.34. The second-order valence-corrected chi connectivity index (χ2v) is 6.50. The van der Waals surface area contributed by atoms with Crippen LogP contribution in [-0.2, 0) is 16.0 Å². The number of benzene rings is 1. The maximum Gasteiger partial charge on any atom is 0.417 e. The number of rotatable bonds is 3. The zero-order valence-corrected chi connectivity index (χ0v) is 11.3. The van der Waals surface area contributed by atoms with Gasteiger partial charge in [0.1, 0.15) is 0 Å². The first kappa shape index (κ1) is 15.8. The number of nitriles is 1. The van der Waals surface area contributed by atoms with E-state index in [0.717, 1.165) is 12.1 Å². The van der Waals surface area contributed by atoms with Crippen molar-refractivity contribution < 1.29 is 21.6 Å². The molecule has 0 radical (unpaired) electrons. The monoisotopic (exact) mass is 311 g/mol. The minimum Gasteiger partial charge on any atom is -0.223 e. The fraction of sp³-hybridized carbons (Fsp3) is 0.364. The molecular weight excluding hydrogens is 303 g/mol. The van der Waals surface area contributed by atoms with Crippen LogP contribution in [0.5, 0.6) is 0 Å². The third-order valence-electron chi connectivity index (χ3n) is 2.49. The number of sulfone groups is 1. The summed E-state index contributed by atoms with van der Waals surface area (Å²) in [6.45, 7) is 1.30. The molecular formula is C11H9ClF3NO2S. The maximum absolute atomic E-state index is 12.7. The summed E-state index contributed by atoms with van der Waals surface area (Å²) in [4.78, 5) is -0.494. The first-order valence-electron chi connectivity index (χ1n) is 5.05. The molecule has 0 fully saturated rings. The van der Waals surface area contributed by atoms with Gasteiger partial charge in [0.2, 0.25) is 0 Å². The Morgan fingerprint density at radius 3 is 2.42 bits per heavy atom. The molecule has 1 atom stereocenters. The molecule has 104 valence electrons. The van der Waals surface area contributed by atoms with Crippen molar-refractivity contribution in [1.82, 2.24) is 0 Å². The standard InChI is InChI=1S/C11H9ClF3NO2S/c1-7(5-12)19(17,18)9-3-2-8(6-16)10(4-9)11(13,14)15/h2-4,7H,5H2,1H3. The van der Waals surface area contributed by atoms with E-state index in [1.807, 2.05) is 0 Å². The maximum atomic E-state index is 12.7. The summed E-state index contributed by atoms with van der Waals surface area (Å²) in [7, 11) is -3.94. The van der Waals surface area contributed by atoms with Gasteiger partial charge in [-0.2, -0.15) is 18.4 Å². The second kappa shape index (κ2) is 5.39. The summed E-state index contributed by atoms with van der Waals surface area (Å²) in [6, 6.07) is 3.67. The molecule has 0 aromatic heterocycles. The minimum atomic E-state index is -4.79. The molecule has 0 aliphatic carbocycles. The Kier molecular flexibility index (Phi) is 4.48. The molecule has 19 heavy (non-hydrogen) atoms. The van der Waals surface area contributed by atoms with Gasteiger partial charge in [-0.25, -0.2) is 8.42 Å². The van der Waals surface area contributed by atoms with Gasteiger partial charge in [-0.15, -0.1) is 11.6 Å². The molecule has 0 saturated heterocycles. The van der Waals surface area contributed by atoms with Gasteiger partial charge in [-0.3, -0.25) is 0 Å². The Balaban J connectivity index is 3.48. The van der Waals surface area contributed by atoms with Gasteiger partial charge in [-0.1, -0.05) is 0 Å². The lowest BCUT2D eigenvalue weighted by Gasteiger charge is -2.13. The number of hydrogen-bond donors (Lipinski definition) is 0. The minimum absolute atomic E-state index is 0.232. The molecule has 0 aliphatic rings. The van der Waals surface area contributed by atoms with E-state index in [-0.39, 0.29) is 5.88 Å². The van der Waals surface area contributed by atoms with Crippen LogP contribution >= 0.6 is 11.6 Å². The number of hydrogen-bond acceptors (Lipinski definition) is 3. The van der Waals surface area contributed by atoms with Gasteiger partial charge in [-0.05, 0) is 25.1 Å². The number of alkyl halides is 4. The molecule has 1 unspecified atom stereocenters. The van der Waals surface area contributed by atoms with Crippen LogP contribution < -0.4 is 0 Å². The summed E-state index contributed by atoms with van der Waals surface area (Å²) >= 11 is 5.42. The molecule has 3 nitrogen and oxygen atoms in total. The van der Waals surface area contributed by atoms with Crippen LogP contribution in [0.2, 0.25) is 0 Å². The molecule has 0 bridgehead atoms. The third-order valence-corrected chi connectivity index (χ3v) is 5.28. The molecule has 0 amide bonds. The Morgan fingerprint density at radius 1 is 1.42 bits per heavy atom. The predicted octanol–water partition coefficient (Wildman–Crippen LogP) is 2.98. The molecule has 0 heterocycles. The van der Waals surface area contributed by atoms with Crippen LogP contribution in [0, 0.1) is 11.3 Å². The fourth-order valence-electron chi connectivity index (χ4n) is 1.35. The van der Waals surface area contributed by atoms with E-state index in [1.165, 1.54) is 13.0 Å². The van der Waals surface area contributed by atoms with E-state index in [4.69, 9.17) is 16.9 Å². The lowest BCUT2D eigenvalue weighted by atomic mass is 10.1. The van der Waals surface area contributed by atoms with E-state index in [0.29, 0.717) is 6.07 Å². The van der Waals surface area contributed by atoms with E-state index < -0.39 is 37.3 Å². The molecule has 0 N–H and O–H groups in total. The normalized spacial score (nSPS) is 13.9. The molecule has 8 heteroatoms. The van der Waals surface area contributed by atoms with Gasteiger partial charge in [0, 0.05) is 5.88 Å². The van der Waals surface area contributed by atoms with Gasteiger partial charge in [0.05, 0.1) is 27.3 Å². The Hall–Kier alpha value is -1.26. The lowest BCUT2D eigenvalue weighted by molar-refractivity contribution is -0.137. The molecule has 1 aromatic carbocycles.